The third kappa shape index (κ3) is 5.51. The number of aromatic nitrogens is 3. The van der Waals surface area contributed by atoms with Crippen LogP contribution in [0.2, 0.25) is 0 Å². The molecule has 2 heterocycles. The zero-order valence-corrected chi connectivity index (χ0v) is 20.6. The van der Waals surface area contributed by atoms with E-state index in [-0.39, 0.29) is 17.1 Å². The summed E-state index contributed by atoms with van der Waals surface area (Å²) in [5.74, 6) is 2.35. The topological polar surface area (TPSA) is 82.2 Å². The van der Waals surface area contributed by atoms with Crippen molar-refractivity contribution >= 4 is 23.4 Å². The SMILES string of the molecule is COc1ccc(-c2nnc(SCC(=O)Nc3ccccc3C(C)(C)C)n2Cc2ccco2)cc1. The Kier molecular flexibility index (Phi) is 7.07. The molecule has 8 heteroatoms. The summed E-state index contributed by atoms with van der Waals surface area (Å²) in [6, 6.07) is 19.3. The van der Waals surface area contributed by atoms with Crippen LogP contribution in [0.1, 0.15) is 32.1 Å². The molecule has 0 unspecified atom stereocenters. The second-order valence-electron chi connectivity index (χ2n) is 8.83. The maximum absolute atomic E-state index is 12.8. The van der Waals surface area contributed by atoms with E-state index in [2.05, 4.69) is 36.3 Å². The van der Waals surface area contributed by atoms with Crippen molar-refractivity contribution in [2.45, 2.75) is 37.9 Å². The van der Waals surface area contributed by atoms with Crippen LogP contribution in [0.4, 0.5) is 5.69 Å². The van der Waals surface area contributed by atoms with Gasteiger partial charge in [-0.05, 0) is 53.4 Å². The molecular weight excluding hydrogens is 448 g/mol. The molecular formula is C26H28N4O3S. The fraction of sp³-hybridized carbons (Fsp3) is 0.269. The molecule has 0 aliphatic heterocycles. The van der Waals surface area contributed by atoms with Gasteiger partial charge in [0.15, 0.2) is 11.0 Å². The Balaban J connectivity index is 1.54. The third-order valence-electron chi connectivity index (χ3n) is 5.30. The molecule has 0 aliphatic carbocycles. The van der Waals surface area contributed by atoms with E-state index < -0.39 is 0 Å². The molecule has 0 atom stereocenters. The van der Waals surface area contributed by atoms with Crippen LogP contribution in [0.3, 0.4) is 0 Å². The molecule has 4 rings (SSSR count). The quantitative estimate of drug-likeness (QED) is 0.332. The number of ether oxygens (including phenoxy) is 1. The molecule has 0 saturated carbocycles. The summed E-state index contributed by atoms with van der Waals surface area (Å²) in [7, 11) is 1.63. The summed E-state index contributed by atoms with van der Waals surface area (Å²) in [6.07, 6.45) is 1.64. The van der Waals surface area contributed by atoms with Crippen molar-refractivity contribution < 1.29 is 13.9 Å². The van der Waals surface area contributed by atoms with Crippen LogP contribution in [0.25, 0.3) is 11.4 Å². The molecule has 0 saturated heterocycles. The predicted molar refractivity (Wildman–Crippen MR) is 134 cm³/mol. The Morgan fingerprint density at radius 3 is 2.50 bits per heavy atom. The molecule has 7 nitrogen and oxygen atoms in total. The summed E-state index contributed by atoms with van der Waals surface area (Å²) in [5.41, 5.74) is 2.75. The lowest BCUT2D eigenvalue weighted by atomic mass is 9.86. The molecule has 0 spiro atoms. The Hall–Kier alpha value is -3.52. The molecule has 0 fully saturated rings. The van der Waals surface area contributed by atoms with Crippen molar-refractivity contribution in [2.75, 3.05) is 18.2 Å². The van der Waals surface area contributed by atoms with E-state index in [0.29, 0.717) is 17.5 Å². The highest BCUT2D eigenvalue weighted by atomic mass is 32.2. The molecule has 1 amide bonds. The highest BCUT2D eigenvalue weighted by molar-refractivity contribution is 7.99. The second kappa shape index (κ2) is 10.2. The van der Waals surface area contributed by atoms with Gasteiger partial charge >= 0.3 is 0 Å². The van der Waals surface area contributed by atoms with Gasteiger partial charge in [0.25, 0.3) is 0 Å². The van der Waals surface area contributed by atoms with E-state index in [1.165, 1.54) is 11.8 Å². The number of para-hydroxylation sites is 1. The van der Waals surface area contributed by atoms with Gasteiger partial charge in [0.1, 0.15) is 11.5 Å². The minimum atomic E-state index is -0.0970. The predicted octanol–water partition coefficient (Wildman–Crippen LogP) is 5.62. The van der Waals surface area contributed by atoms with E-state index in [1.54, 1.807) is 13.4 Å². The molecule has 34 heavy (non-hydrogen) atoms. The fourth-order valence-electron chi connectivity index (χ4n) is 3.61. The van der Waals surface area contributed by atoms with Gasteiger partial charge in [-0.1, -0.05) is 50.7 Å². The average molecular weight is 477 g/mol. The summed E-state index contributed by atoms with van der Waals surface area (Å²) in [5, 5.41) is 12.5. The molecule has 0 radical (unpaired) electrons. The zero-order valence-electron chi connectivity index (χ0n) is 19.7. The minimum absolute atomic E-state index is 0.0759. The number of amides is 1. The second-order valence-corrected chi connectivity index (χ2v) is 9.78. The van der Waals surface area contributed by atoms with Crippen LogP contribution >= 0.6 is 11.8 Å². The Bertz CT molecular complexity index is 1240. The maximum atomic E-state index is 12.8. The van der Waals surface area contributed by atoms with Crippen molar-refractivity contribution in [3.63, 3.8) is 0 Å². The van der Waals surface area contributed by atoms with Gasteiger partial charge in [-0.3, -0.25) is 9.36 Å². The number of furan rings is 1. The first kappa shape index (κ1) is 23.6. The molecule has 176 valence electrons. The summed E-state index contributed by atoms with van der Waals surface area (Å²) in [4.78, 5) is 12.8. The number of rotatable bonds is 8. The molecule has 2 aromatic carbocycles. The van der Waals surface area contributed by atoms with Gasteiger partial charge in [-0.2, -0.15) is 0 Å². The number of benzene rings is 2. The Morgan fingerprint density at radius 1 is 1.06 bits per heavy atom. The van der Waals surface area contributed by atoms with E-state index in [4.69, 9.17) is 9.15 Å². The molecule has 4 aromatic rings. The van der Waals surface area contributed by atoms with E-state index in [0.717, 1.165) is 28.3 Å². The van der Waals surface area contributed by atoms with Gasteiger partial charge in [-0.15, -0.1) is 10.2 Å². The summed E-state index contributed by atoms with van der Waals surface area (Å²) < 4.78 is 12.8. The number of anilines is 1. The van der Waals surface area contributed by atoms with E-state index in [9.17, 15) is 4.79 Å². The lowest BCUT2D eigenvalue weighted by molar-refractivity contribution is -0.113. The first-order chi connectivity index (χ1) is 16.3. The normalized spacial score (nSPS) is 11.4. The van der Waals surface area contributed by atoms with E-state index >= 15 is 0 Å². The number of hydrogen-bond acceptors (Lipinski definition) is 6. The van der Waals surface area contributed by atoms with Gasteiger partial charge in [0, 0.05) is 11.3 Å². The number of thioether (sulfide) groups is 1. The minimum Gasteiger partial charge on any atom is -0.497 e. The number of hydrogen-bond donors (Lipinski definition) is 1. The van der Waals surface area contributed by atoms with Gasteiger partial charge in [0.05, 0.1) is 25.7 Å². The highest BCUT2D eigenvalue weighted by Gasteiger charge is 2.20. The summed E-state index contributed by atoms with van der Waals surface area (Å²) in [6.45, 7) is 6.85. The van der Waals surface area contributed by atoms with Crippen molar-refractivity contribution in [3.8, 4) is 17.1 Å². The number of nitrogens with zero attached hydrogens (tertiary/aromatic N) is 3. The first-order valence-electron chi connectivity index (χ1n) is 11.0. The van der Waals surface area contributed by atoms with Crippen molar-refractivity contribution in [2.24, 2.45) is 0 Å². The smallest absolute Gasteiger partial charge is 0.234 e. The Morgan fingerprint density at radius 2 is 1.82 bits per heavy atom. The standard InChI is InChI=1S/C26H28N4O3S/c1-26(2,3)21-9-5-6-10-22(21)27-23(31)17-34-25-29-28-24(18-11-13-19(32-4)14-12-18)30(25)16-20-8-7-15-33-20/h5-15H,16-17H2,1-4H3,(H,27,31). The zero-order chi connectivity index (χ0) is 24.1. The molecule has 0 bridgehead atoms. The molecule has 0 aliphatic rings. The fourth-order valence-corrected chi connectivity index (χ4v) is 4.35. The third-order valence-corrected chi connectivity index (χ3v) is 6.27. The lowest BCUT2D eigenvalue weighted by Gasteiger charge is -2.22. The van der Waals surface area contributed by atoms with Crippen LogP contribution in [-0.2, 0) is 16.8 Å². The van der Waals surface area contributed by atoms with Gasteiger partial charge in [0.2, 0.25) is 5.91 Å². The van der Waals surface area contributed by atoms with Crippen molar-refractivity contribution in [1.29, 1.82) is 0 Å². The number of nitrogens with one attached hydrogen (secondary N) is 1. The average Bonchev–Trinajstić information content (AvgIpc) is 3.48. The van der Waals surface area contributed by atoms with Crippen LogP contribution in [0.15, 0.2) is 76.5 Å². The number of methoxy groups -OCH3 is 1. The monoisotopic (exact) mass is 476 g/mol. The van der Waals surface area contributed by atoms with Crippen molar-refractivity contribution in [1.82, 2.24) is 14.8 Å². The van der Waals surface area contributed by atoms with Crippen LogP contribution in [0.5, 0.6) is 5.75 Å². The number of carbonyl (C=O) groups is 1. The molecule has 2 aromatic heterocycles. The van der Waals surface area contributed by atoms with Gasteiger partial charge in [-0.25, -0.2) is 0 Å². The highest BCUT2D eigenvalue weighted by Crippen LogP contribution is 2.30. The lowest BCUT2D eigenvalue weighted by Crippen LogP contribution is -2.20. The van der Waals surface area contributed by atoms with Crippen LogP contribution < -0.4 is 10.1 Å². The molecule has 1 N–H and O–H groups in total. The largest absolute Gasteiger partial charge is 0.497 e. The summed E-state index contributed by atoms with van der Waals surface area (Å²) >= 11 is 1.34. The van der Waals surface area contributed by atoms with Gasteiger partial charge < -0.3 is 14.5 Å². The first-order valence-corrected chi connectivity index (χ1v) is 12.0. The Labute approximate surface area is 203 Å². The van der Waals surface area contributed by atoms with E-state index in [1.807, 2.05) is 65.2 Å². The van der Waals surface area contributed by atoms with Crippen molar-refractivity contribution in [3.05, 3.63) is 78.3 Å². The van der Waals surface area contributed by atoms with Crippen LogP contribution in [-0.4, -0.2) is 33.5 Å². The maximum Gasteiger partial charge on any atom is 0.234 e. The number of carbonyl (C=O) groups excluding carboxylic acids is 1. The van der Waals surface area contributed by atoms with Crippen LogP contribution in [0, 0.1) is 0 Å².